The first-order valence-corrected chi connectivity index (χ1v) is 3.80. The predicted octanol–water partition coefficient (Wildman–Crippen LogP) is 1.63. The third-order valence-corrected chi connectivity index (χ3v) is 1.77. The van der Waals surface area contributed by atoms with E-state index in [1.807, 2.05) is 0 Å². The van der Waals surface area contributed by atoms with Crippen molar-refractivity contribution in [3.8, 4) is 0 Å². The molecule has 74 valence electrons. The molecule has 4 heteroatoms. The maximum atomic E-state index is 12.4. The second-order valence-electron chi connectivity index (χ2n) is 2.82. The molecule has 2 nitrogen and oxygen atoms in total. The van der Waals surface area contributed by atoms with Gasteiger partial charge in [-0.25, -0.2) is 4.39 Å². The second kappa shape index (κ2) is 5.17. The molecule has 1 rings (SSSR count). The van der Waals surface area contributed by atoms with Gasteiger partial charge in [0.05, 0.1) is 12.1 Å². The lowest BCUT2D eigenvalue weighted by Crippen LogP contribution is -2.22. The maximum absolute atomic E-state index is 12.4. The molecular formula is C9H13ClFNO. The average Bonchev–Trinajstić information content (AvgIpc) is 2.04. The summed E-state index contributed by atoms with van der Waals surface area (Å²) in [5.74, 6) is -0.295. The Kier molecular flexibility index (Phi) is 4.91. The highest BCUT2D eigenvalue weighted by Crippen LogP contribution is 2.13. The molecule has 0 fully saturated rings. The van der Waals surface area contributed by atoms with Gasteiger partial charge in [0.25, 0.3) is 0 Å². The van der Waals surface area contributed by atoms with Crippen LogP contribution in [0.1, 0.15) is 18.5 Å². The normalized spacial score (nSPS) is 14.5. The maximum Gasteiger partial charge on any atom is 0.123 e. The fourth-order valence-corrected chi connectivity index (χ4v) is 0.964. The molecule has 0 aliphatic carbocycles. The summed E-state index contributed by atoms with van der Waals surface area (Å²) >= 11 is 0. The van der Waals surface area contributed by atoms with Gasteiger partial charge in [-0.1, -0.05) is 12.1 Å². The number of aliphatic hydroxyl groups is 1. The molecule has 0 amide bonds. The third kappa shape index (κ3) is 3.30. The molecule has 0 saturated heterocycles. The van der Waals surface area contributed by atoms with Crippen LogP contribution in [0.15, 0.2) is 24.3 Å². The van der Waals surface area contributed by atoms with Crippen molar-refractivity contribution < 1.29 is 9.50 Å². The standard InChI is InChI=1S/C9H12FNO.ClH/c1-6(12)9(11)7-2-4-8(10)5-3-7;/h2-6,9,12H,11H2,1H3;1H/t6-,9-;/m0./s1. The number of aliphatic hydroxyl groups excluding tert-OH is 1. The number of hydrogen-bond donors (Lipinski definition) is 2. The van der Waals surface area contributed by atoms with Gasteiger partial charge in [0.15, 0.2) is 0 Å². The fraction of sp³-hybridized carbons (Fsp3) is 0.333. The summed E-state index contributed by atoms with van der Waals surface area (Å²) in [4.78, 5) is 0. The van der Waals surface area contributed by atoms with Crippen molar-refractivity contribution in [2.24, 2.45) is 5.73 Å². The van der Waals surface area contributed by atoms with Crippen molar-refractivity contribution in [1.82, 2.24) is 0 Å². The molecule has 0 saturated carbocycles. The van der Waals surface area contributed by atoms with Crippen LogP contribution >= 0.6 is 12.4 Å². The number of nitrogens with two attached hydrogens (primary N) is 1. The predicted molar refractivity (Wildman–Crippen MR) is 52.3 cm³/mol. The van der Waals surface area contributed by atoms with Crippen LogP contribution in [0.25, 0.3) is 0 Å². The second-order valence-corrected chi connectivity index (χ2v) is 2.82. The van der Waals surface area contributed by atoms with Gasteiger partial charge >= 0.3 is 0 Å². The van der Waals surface area contributed by atoms with E-state index in [0.717, 1.165) is 5.56 Å². The lowest BCUT2D eigenvalue weighted by Gasteiger charge is -2.14. The number of rotatable bonds is 2. The Hall–Kier alpha value is -0.640. The molecule has 0 unspecified atom stereocenters. The summed E-state index contributed by atoms with van der Waals surface area (Å²) in [6.07, 6.45) is -0.615. The van der Waals surface area contributed by atoms with Crippen molar-refractivity contribution in [3.05, 3.63) is 35.6 Å². The third-order valence-electron chi connectivity index (χ3n) is 1.77. The first kappa shape index (κ1) is 12.4. The van der Waals surface area contributed by atoms with Crippen LogP contribution in [-0.4, -0.2) is 11.2 Å². The Bertz CT molecular complexity index is 250. The minimum atomic E-state index is -0.615. The molecule has 2 atom stereocenters. The van der Waals surface area contributed by atoms with E-state index in [1.165, 1.54) is 12.1 Å². The number of hydrogen-bond acceptors (Lipinski definition) is 2. The van der Waals surface area contributed by atoms with Crippen molar-refractivity contribution in [3.63, 3.8) is 0 Å². The first-order chi connectivity index (χ1) is 5.61. The van der Waals surface area contributed by atoms with E-state index in [-0.39, 0.29) is 18.2 Å². The SMILES string of the molecule is C[C@H](O)[C@H](N)c1ccc(F)cc1.Cl. The summed E-state index contributed by atoms with van der Waals surface area (Å²) < 4.78 is 12.4. The summed E-state index contributed by atoms with van der Waals surface area (Å²) in [5, 5.41) is 9.12. The quantitative estimate of drug-likeness (QED) is 0.771. The largest absolute Gasteiger partial charge is 0.391 e. The van der Waals surface area contributed by atoms with Crippen molar-refractivity contribution in [1.29, 1.82) is 0 Å². The smallest absolute Gasteiger partial charge is 0.123 e. The topological polar surface area (TPSA) is 46.2 Å². The van der Waals surface area contributed by atoms with Crippen molar-refractivity contribution in [2.75, 3.05) is 0 Å². The Morgan fingerprint density at radius 1 is 1.31 bits per heavy atom. The lowest BCUT2D eigenvalue weighted by molar-refractivity contribution is 0.164. The summed E-state index contributed by atoms with van der Waals surface area (Å²) in [6.45, 7) is 1.61. The number of benzene rings is 1. The van der Waals surface area contributed by atoms with E-state index in [1.54, 1.807) is 19.1 Å². The van der Waals surface area contributed by atoms with Crippen molar-refractivity contribution >= 4 is 12.4 Å². The molecule has 0 spiro atoms. The molecule has 1 aromatic carbocycles. The van der Waals surface area contributed by atoms with Gasteiger partial charge in [-0.05, 0) is 24.6 Å². The Balaban J connectivity index is 0.00000144. The van der Waals surface area contributed by atoms with Crippen LogP contribution in [0.4, 0.5) is 4.39 Å². The van der Waals surface area contributed by atoms with Gasteiger partial charge in [-0.2, -0.15) is 0 Å². The van der Waals surface area contributed by atoms with Crippen molar-refractivity contribution in [2.45, 2.75) is 19.1 Å². The van der Waals surface area contributed by atoms with Gasteiger partial charge in [0.2, 0.25) is 0 Å². The Labute approximate surface area is 83.0 Å². The van der Waals surface area contributed by atoms with E-state index in [0.29, 0.717) is 0 Å². The van der Waals surface area contributed by atoms with Gasteiger partial charge in [-0.3, -0.25) is 0 Å². The molecule has 0 aliphatic heterocycles. The van der Waals surface area contributed by atoms with Gasteiger partial charge in [0.1, 0.15) is 5.82 Å². The van der Waals surface area contributed by atoms with Crippen LogP contribution in [0.2, 0.25) is 0 Å². The molecule has 0 bridgehead atoms. The summed E-state index contributed by atoms with van der Waals surface area (Å²) in [5.41, 5.74) is 6.36. The molecule has 1 aromatic rings. The van der Waals surface area contributed by atoms with Crippen LogP contribution < -0.4 is 5.73 Å². The molecule has 0 aromatic heterocycles. The zero-order valence-corrected chi connectivity index (χ0v) is 8.09. The van der Waals surface area contributed by atoms with E-state index in [9.17, 15) is 4.39 Å². The zero-order chi connectivity index (χ0) is 9.14. The molecule has 13 heavy (non-hydrogen) atoms. The Morgan fingerprint density at radius 2 is 1.77 bits per heavy atom. The zero-order valence-electron chi connectivity index (χ0n) is 7.27. The van der Waals surface area contributed by atoms with Crippen LogP contribution in [0.3, 0.4) is 0 Å². The number of halogens is 2. The lowest BCUT2D eigenvalue weighted by atomic mass is 10.0. The van der Waals surface area contributed by atoms with Crippen LogP contribution in [0, 0.1) is 5.82 Å². The highest BCUT2D eigenvalue weighted by molar-refractivity contribution is 5.85. The van der Waals surface area contributed by atoms with E-state index in [2.05, 4.69) is 0 Å². The summed E-state index contributed by atoms with van der Waals surface area (Å²) in [6, 6.07) is 5.37. The minimum absolute atomic E-state index is 0. The monoisotopic (exact) mass is 205 g/mol. The molecule has 0 radical (unpaired) electrons. The van der Waals surface area contributed by atoms with E-state index < -0.39 is 12.1 Å². The van der Waals surface area contributed by atoms with E-state index in [4.69, 9.17) is 10.8 Å². The average molecular weight is 206 g/mol. The Morgan fingerprint density at radius 3 is 2.15 bits per heavy atom. The highest BCUT2D eigenvalue weighted by Gasteiger charge is 2.10. The molecule has 0 aliphatic rings. The van der Waals surface area contributed by atoms with Crippen LogP contribution in [0.5, 0.6) is 0 Å². The molecule has 0 heterocycles. The molecule has 3 N–H and O–H groups in total. The van der Waals surface area contributed by atoms with E-state index >= 15 is 0 Å². The fourth-order valence-electron chi connectivity index (χ4n) is 0.964. The highest BCUT2D eigenvalue weighted by atomic mass is 35.5. The summed E-state index contributed by atoms with van der Waals surface area (Å²) in [7, 11) is 0. The first-order valence-electron chi connectivity index (χ1n) is 3.80. The van der Waals surface area contributed by atoms with Gasteiger partial charge < -0.3 is 10.8 Å². The van der Waals surface area contributed by atoms with Gasteiger partial charge in [0, 0.05) is 0 Å². The van der Waals surface area contributed by atoms with Crippen LogP contribution in [-0.2, 0) is 0 Å². The molecular weight excluding hydrogens is 193 g/mol. The minimum Gasteiger partial charge on any atom is -0.391 e. The van der Waals surface area contributed by atoms with Gasteiger partial charge in [-0.15, -0.1) is 12.4 Å².